The maximum absolute atomic E-state index is 13.9. The van der Waals surface area contributed by atoms with Gasteiger partial charge >= 0.3 is 6.18 Å². The molecule has 0 N–H and O–H groups in total. The third kappa shape index (κ3) is 2.52. The van der Waals surface area contributed by atoms with E-state index in [1.54, 1.807) is 6.07 Å². The molecule has 1 atom stereocenters. The highest BCUT2D eigenvalue weighted by atomic mass is 35.5. The Morgan fingerprint density at radius 1 is 1.00 bits per heavy atom. The summed E-state index contributed by atoms with van der Waals surface area (Å²) in [7, 11) is 0. The fraction of sp³-hybridized carbons (Fsp3) is 0.200. The van der Waals surface area contributed by atoms with Gasteiger partial charge in [-0.05, 0) is 24.3 Å². The highest BCUT2D eigenvalue weighted by Gasteiger charge is 2.63. The van der Waals surface area contributed by atoms with Crippen molar-refractivity contribution in [3.05, 3.63) is 65.5 Å². The molecule has 1 saturated heterocycles. The standard InChI is InChI=1S/C15H9Cl2F4N/c16-14(17)13(11-6-1-2-7-12(11)18)22(14)10-5-3-4-9(8-10)15(19,20)21/h1-8,13H. The van der Waals surface area contributed by atoms with Crippen LogP contribution in [0.4, 0.5) is 23.2 Å². The second kappa shape index (κ2) is 5.03. The molecule has 2 aromatic rings. The molecule has 0 bridgehead atoms. The maximum Gasteiger partial charge on any atom is 0.416 e. The van der Waals surface area contributed by atoms with E-state index in [4.69, 9.17) is 23.2 Å². The average Bonchev–Trinajstić information content (AvgIpc) is 3.01. The van der Waals surface area contributed by atoms with Crippen LogP contribution in [0.25, 0.3) is 0 Å². The van der Waals surface area contributed by atoms with Gasteiger partial charge in [0.2, 0.25) is 4.46 Å². The monoisotopic (exact) mass is 349 g/mol. The molecule has 3 rings (SSSR count). The topological polar surface area (TPSA) is 3.01 Å². The van der Waals surface area contributed by atoms with Gasteiger partial charge in [-0.15, -0.1) is 0 Å². The van der Waals surface area contributed by atoms with Crippen molar-refractivity contribution in [2.45, 2.75) is 16.7 Å². The van der Waals surface area contributed by atoms with Crippen LogP contribution in [0, 0.1) is 5.82 Å². The van der Waals surface area contributed by atoms with Gasteiger partial charge in [-0.1, -0.05) is 47.5 Å². The molecule has 1 heterocycles. The first-order chi connectivity index (χ1) is 10.2. The van der Waals surface area contributed by atoms with Crippen molar-refractivity contribution in [2.24, 2.45) is 0 Å². The quantitative estimate of drug-likeness (QED) is 0.298. The fourth-order valence-electron chi connectivity index (χ4n) is 2.42. The molecule has 2 aromatic carbocycles. The van der Waals surface area contributed by atoms with Crippen molar-refractivity contribution in [3.8, 4) is 0 Å². The number of nitrogens with zero attached hydrogens (tertiary/aromatic N) is 1. The molecule has 0 aliphatic carbocycles. The van der Waals surface area contributed by atoms with Crippen LogP contribution in [0.5, 0.6) is 0 Å². The molecule has 1 aliphatic rings. The zero-order valence-corrected chi connectivity index (χ0v) is 12.4. The number of rotatable bonds is 2. The number of halogens is 6. The highest BCUT2D eigenvalue weighted by molar-refractivity contribution is 6.53. The van der Waals surface area contributed by atoms with E-state index in [-0.39, 0.29) is 11.3 Å². The SMILES string of the molecule is Fc1ccccc1C1N(c2cccc(C(F)(F)F)c2)C1(Cl)Cl. The van der Waals surface area contributed by atoms with Crippen LogP contribution in [0.15, 0.2) is 48.5 Å². The van der Waals surface area contributed by atoms with E-state index in [9.17, 15) is 17.6 Å². The maximum atomic E-state index is 13.9. The van der Waals surface area contributed by atoms with Gasteiger partial charge in [-0.3, -0.25) is 0 Å². The van der Waals surface area contributed by atoms with Gasteiger partial charge in [0.05, 0.1) is 5.56 Å². The van der Waals surface area contributed by atoms with E-state index in [1.165, 1.54) is 35.2 Å². The summed E-state index contributed by atoms with van der Waals surface area (Å²) in [5.74, 6) is -0.507. The first-order valence-corrected chi connectivity index (χ1v) is 7.07. The molecular formula is C15H9Cl2F4N. The normalized spacial score (nSPS) is 20.1. The molecule has 1 fully saturated rings. The van der Waals surface area contributed by atoms with Crippen LogP contribution in [0.2, 0.25) is 0 Å². The van der Waals surface area contributed by atoms with Crippen LogP contribution < -0.4 is 4.90 Å². The lowest BCUT2D eigenvalue weighted by Gasteiger charge is -2.11. The summed E-state index contributed by atoms with van der Waals surface area (Å²) in [6, 6.07) is 9.77. The number of hydrogen-bond acceptors (Lipinski definition) is 1. The van der Waals surface area contributed by atoms with Crippen molar-refractivity contribution >= 4 is 28.9 Å². The number of anilines is 1. The minimum absolute atomic E-state index is 0.188. The van der Waals surface area contributed by atoms with Crippen molar-refractivity contribution in [3.63, 3.8) is 0 Å². The van der Waals surface area contributed by atoms with E-state index >= 15 is 0 Å². The van der Waals surface area contributed by atoms with Crippen molar-refractivity contribution in [1.29, 1.82) is 0 Å². The Morgan fingerprint density at radius 2 is 1.68 bits per heavy atom. The molecule has 7 heteroatoms. The van der Waals surface area contributed by atoms with Crippen molar-refractivity contribution in [2.75, 3.05) is 4.90 Å². The summed E-state index contributed by atoms with van der Waals surface area (Å²) in [4.78, 5) is 1.34. The first-order valence-electron chi connectivity index (χ1n) is 6.32. The lowest BCUT2D eigenvalue weighted by Crippen LogP contribution is -2.07. The van der Waals surface area contributed by atoms with E-state index < -0.39 is 28.1 Å². The van der Waals surface area contributed by atoms with E-state index in [0.29, 0.717) is 0 Å². The van der Waals surface area contributed by atoms with Gasteiger partial charge in [0.25, 0.3) is 0 Å². The van der Waals surface area contributed by atoms with Crippen LogP contribution in [0.3, 0.4) is 0 Å². The lowest BCUT2D eigenvalue weighted by molar-refractivity contribution is -0.137. The molecule has 1 nitrogen and oxygen atoms in total. The lowest BCUT2D eigenvalue weighted by atomic mass is 10.1. The molecule has 0 spiro atoms. The number of alkyl halides is 5. The van der Waals surface area contributed by atoms with Gasteiger partial charge in [-0.25, -0.2) is 4.39 Å². The zero-order valence-electron chi connectivity index (χ0n) is 10.9. The third-order valence-electron chi connectivity index (χ3n) is 3.49. The van der Waals surface area contributed by atoms with Crippen molar-refractivity contribution in [1.82, 2.24) is 0 Å². The zero-order chi connectivity index (χ0) is 16.1. The average molecular weight is 350 g/mol. The summed E-state index contributed by atoms with van der Waals surface area (Å²) in [5, 5.41) is 0. The van der Waals surface area contributed by atoms with Gasteiger partial charge in [0, 0.05) is 11.3 Å². The Morgan fingerprint density at radius 3 is 2.32 bits per heavy atom. The summed E-state index contributed by atoms with van der Waals surface area (Å²) >= 11 is 12.2. The molecule has 116 valence electrons. The summed E-state index contributed by atoms with van der Waals surface area (Å²) in [6.45, 7) is 0. The Balaban J connectivity index is 1.98. The molecule has 0 amide bonds. The van der Waals surface area contributed by atoms with Crippen LogP contribution in [-0.2, 0) is 6.18 Å². The summed E-state index contributed by atoms with van der Waals surface area (Å²) < 4.78 is 50.7. The Labute approximate surface area is 134 Å². The van der Waals surface area contributed by atoms with Gasteiger partial charge in [0.1, 0.15) is 11.9 Å². The van der Waals surface area contributed by atoms with Crippen molar-refractivity contribution < 1.29 is 17.6 Å². The molecule has 22 heavy (non-hydrogen) atoms. The van der Waals surface area contributed by atoms with Crippen LogP contribution in [0.1, 0.15) is 17.2 Å². The third-order valence-corrected chi connectivity index (χ3v) is 4.27. The number of benzene rings is 2. The Kier molecular flexibility index (Phi) is 3.53. The highest BCUT2D eigenvalue weighted by Crippen LogP contribution is 2.61. The number of hydrogen-bond donors (Lipinski definition) is 0. The molecular weight excluding hydrogens is 341 g/mol. The van der Waals surface area contributed by atoms with E-state index in [1.807, 2.05) is 0 Å². The molecule has 1 aliphatic heterocycles. The summed E-state index contributed by atoms with van der Waals surface area (Å²) in [5.41, 5.74) is -0.383. The second-order valence-corrected chi connectivity index (χ2v) is 6.28. The van der Waals surface area contributed by atoms with Gasteiger partial charge in [-0.2, -0.15) is 13.2 Å². The van der Waals surface area contributed by atoms with Crippen LogP contribution >= 0.6 is 23.2 Å². The molecule has 0 radical (unpaired) electrons. The van der Waals surface area contributed by atoms with Crippen LogP contribution in [-0.4, -0.2) is 4.46 Å². The fourth-order valence-corrected chi connectivity index (χ4v) is 3.14. The smallest absolute Gasteiger partial charge is 0.326 e. The molecule has 1 unspecified atom stereocenters. The predicted octanol–water partition coefficient (Wildman–Crippen LogP) is 5.54. The summed E-state index contributed by atoms with van der Waals surface area (Å²) in [6.07, 6.45) is -4.47. The largest absolute Gasteiger partial charge is 0.416 e. The predicted molar refractivity (Wildman–Crippen MR) is 77.5 cm³/mol. The van der Waals surface area contributed by atoms with E-state index in [0.717, 1.165) is 12.1 Å². The minimum Gasteiger partial charge on any atom is -0.326 e. The minimum atomic E-state index is -4.47. The Bertz CT molecular complexity index is 715. The first kappa shape index (κ1) is 15.4. The second-order valence-electron chi connectivity index (χ2n) is 4.93. The molecule has 0 saturated carbocycles. The van der Waals surface area contributed by atoms with Gasteiger partial charge < -0.3 is 4.90 Å². The van der Waals surface area contributed by atoms with E-state index in [2.05, 4.69) is 0 Å². The Hall–Kier alpha value is -1.46. The van der Waals surface area contributed by atoms with Gasteiger partial charge in [0.15, 0.2) is 0 Å². The molecule has 0 aromatic heterocycles.